The number of fused-ring (bicyclic) bond motifs is 1. The lowest BCUT2D eigenvalue weighted by atomic mass is 10.2. The number of aromatic nitrogens is 3. The minimum Gasteiger partial charge on any atom is -0.480 e. The number of hydrogen-bond acceptors (Lipinski definition) is 5. The van der Waals surface area contributed by atoms with Gasteiger partial charge in [-0.05, 0) is 40.2 Å². The molecule has 0 radical (unpaired) electrons. The van der Waals surface area contributed by atoms with Gasteiger partial charge >= 0.3 is 0 Å². The molecule has 0 bridgehead atoms. The fourth-order valence-electron chi connectivity index (χ4n) is 2.90. The summed E-state index contributed by atoms with van der Waals surface area (Å²) in [6, 6.07) is 8.24. The first-order valence-corrected chi connectivity index (χ1v) is 8.56. The number of hydrogen-bond donors (Lipinski definition) is 1. The van der Waals surface area contributed by atoms with Crippen molar-refractivity contribution in [3.05, 3.63) is 34.9 Å². The van der Waals surface area contributed by atoms with Crippen molar-refractivity contribution in [1.29, 1.82) is 0 Å². The zero-order chi connectivity index (χ0) is 16.5. The molecule has 2 aromatic heterocycles. The molecule has 1 saturated heterocycles. The maximum Gasteiger partial charge on any atom is 0.224 e. The predicted molar refractivity (Wildman–Crippen MR) is 96.6 cm³/mol. The number of rotatable bonds is 3. The van der Waals surface area contributed by atoms with Crippen molar-refractivity contribution >= 4 is 32.7 Å². The zero-order valence-corrected chi connectivity index (χ0v) is 14.8. The average Bonchev–Trinajstić information content (AvgIpc) is 3.05. The first-order valence-electron chi connectivity index (χ1n) is 7.77. The van der Waals surface area contributed by atoms with Gasteiger partial charge in [0.15, 0.2) is 0 Å². The molecule has 1 fully saturated rings. The quantitative estimate of drug-likeness (QED) is 0.745. The molecule has 3 heterocycles. The summed E-state index contributed by atoms with van der Waals surface area (Å²) in [4.78, 5) is 14.7. The Kier molecular flexibility index (Phi) is 4.12. The summed E-state index contributed by atoms with van der Waals surface area (Å²) in [6.07, 6.45) is 1.71. The van der Waals surface area contributed by atoms with Crippen LogP contribution in [-0.2, 0) is 4.74 Å². The first kappa shape index (κ1) is 15.4. The lowest BCUT2D eigenvalue weighted by molar-refractivity contribution is 0.122. The minimum atomic E-state index is 0.547. The molecule has 4 rings (SSSR count). The van der Waals surface area contributed by atoms with Crippen LogP contribution in [0.4, 0.5) is 5.69 Å². The topological polar surface area (TPSA) is 63.3 Å². The van der Waals surface area contributed by atoms with E-state index in [1.165, 1.54) is 5.69 Å². The van der Waals surface area contributed by atoms with Crippen molar-refractivity contribution in [2.24, 2.45) is 0 Å². The van der Waals surface area contributed by atoms with Crippen LogP contribution in [0.3, 0.4) is 0 Å². The highest BCUT2D eigenvalue weighted by Crippen LogP contribution is 2.31. The molecule has 3 aromatic rings. The van der Waals surface area contributed by atoms with E-state index in [4.69, 9.17) is 14.5 Å². The van der Waals surface area contributed by atoms with Crippen LogP contribution in [0, 0.1) is 0 Å². The molecule has 0 amide bonds. The summed E-state index contributed by atoms with van der Waals surface area (Å²) in [6.45, 7) is 3.36. The van der Waals surface area contributed by atoms with Crippen LogP contribution >= 0.6 is 15.9 Å². The number of aromatic amines is 1. The average molecular weight is 389 g/mol. The van der Waals surface area contributed by atoms with E-state index in [0.29, 0.717) is 5.88 Å². The van der Waals surface area contributed by atoms with Crippen molar-refractivity contribution < 1.29 is 9.47 Å². The molecule has 0 saturated carbocycles. The van der Waals surface area contributed by atoms with Crippen LogP contribution in [0.5, 0.6) is 5.88 Å². The summed E-state index contributed by atoms with van der Waals surface area (Å²) in [7, 11) is 1.61. The molecule has 7 heteroatoms. The van der Waals surface area contributed by atoms with E-state index in [9.17, 15) is 0 Å². The van der Waals surface area contributed by atoms with Gasteiger partial charge in [0, 0.05) is 29.4 Å². The fourth-order valence-corrected chi connectivity index (χ4v) is 3.23. The predicted octanol–water partition coefficient (Wildman–Crippen LogP) is 3.23. The Bertz CT molecular complexity index is 874. The van der Waals surface area contributed by atoms with Gasteiger partial charge < -0.3 is 19.4 Å². The van der Waals surface area contributed by atoms with Gasteiger partial charge in [-0.1, -0.05) is 0 Å². The van der Waals surface area contributed by atoms with Crippen molar-refractivity contribution in [1.82, 2.24) is 15.0 Å². The maximum atomic E-state index is 5.42. The number of benzene rings is 1. The number of imidazole rings is 1. The number of nitrogens with zero attached hydrogens (tertiary/aromatic N) is 3. The molecular formula is C17H17BrN4O2. The normalized spacial score (nSPS) is 15.0. The summed E-state index contributed by atoms with van der Waals surface area (Å²) >= 11 is 3.45. The van der Waals surface area contributed by atoms with E-state index < -0.39 is 0 Å². The lowest BCUT2D eigenvalue weighted by Gasteiger charge is -2.28. The third-order valence-electron chi connectivity index (χ3n) is 4.11. The van der Waals surface area contributed by atoms with E-state index in [1.807, 2.05) is 6.07 Å². The Morgan fingerprint density at radius 2 is 2.08 bits per heavy atom. The van der Waals surface area contributed by atoms with Gasteiger partial charge in [0.2, 0.25) is 5.88 Å². The molecule has 0 aliphatic carbocycles. The standard InChI is InChI=1S/C17H17BrN4O2/c1-23-17-13(8-11(18)10-19-17)16-20-14-3-2-12(9-15(14)21-16)22-4-6-24-7-5-22/h2-3,8-10H,4-7H2,1H3,(H,20,21). The van der Waals surface area contributed by atoms with Crippen LogP contribution in [0.25, 0.3) is 22.4 Å². The molecule has 0 unspecified atom stereocenters. The van der Waals surface area contributed by atoms with Gasteiger partial charge in [-0.3, -0.25) is 0 Å². The third-order valence-corrected chi connectivity index (χ3v) is 4.54. The number of ether oxygens (including phenoxy) is 2. The lowest BCUT2D eigenvalue weighted by Crippen LogP contribution is -2.36. The Labute approximate surface area is 147 Å². The van der Waals surface area contributed by atoms with E-state index in [0.717, 1.165) is 53.2 Å². The van der Waals surface area contributed by atoms with Gasteiger partial charge in [0.25, 0.3) is 0 Å². The number of morpholine rings is 1. The SMILES string of the molecule is COc1ncc(Br)cc1-c1nc2cc(N3CCOCC3)ccc2[nH]1. The van der Waals surface area contributed by atoms with Crippen LogP contribution in [0.1, 0.15) is 0 Å². The number of H-pyrrole nitrogens is 1. The number of methoxy groups -OCH3 is 1. The van der Waals surface area contributed by atoms with Gasteiger partial charge in [0.05, 0.1) is 36.9 Å². The van der Waals surface area contributed by atoms with E-state index >= 15 is 0 Å². The molecular weight excluding hydrogens is 372 g/mol. The number of pyridine rings is 1. The molecule has 1 aliphatic heterocycles. The van der Waals surface area contributed by atoms with Crippen molar-refractivity contribution in [2.75, 3.05) is 38.3 Å². The monoisotopic (exact) mass is 388 g/mol. The fraction of sp³-hybridized carbons (Fsp3) is 0.294. The number of anilines is 1. The second-order valence-corrected chi connectivity index (χ2v) is 6.51. The molecule has 6 nitrogen and oxygen atoms in total. The number of halogens is 1. The van der Waals surface area contributed by atoms with Crippen LogP contribution in [0.15, 0.2) is 34.9 Å². The van der Waals surface area contributed by atoms with E-state index in [2.05, 4.69) is 49.0 Å². The zero-order valence-electron chi connectivity index (χ0n) is 13.3. The Balaban J connectivity index is 1.74. The van der Waals surface area contributed by atoms with Crippen molar-refractivity contribution in [3.63, 3.8) is 0 Å². The molecule has 124 valence electrons. The van der Waals surface area contributed by atoms with Crippen LogP contribution in [-0.4, -0.2) is 48.4 Å². The summed E-state index contributed by atoms with van der Waals surface area (Å²) in [5.41, 5.74) is 3.92. The summed E-state index contributed by atoms with van der Waals surface area (Å²) < 4.78 is 11.7. The van der Waals surface area contributed by atoms with Crippen molar-refractivity contribution in [2.45, 2.75) is 0 Å². The molecule has 1 aliphatic rings. The van der Waals surface area contributed by atoms with Crippen LogP contribution in [0.2, 0.25) is 0 Å². The highest BCUT2D eigenvalue weighted by Gasteiger charge is 2.15. The smallest absolute Gasteiger partial charge is 0.224 e. The summed E-state index contributed by atoms with van der Waals surface area (Å²) in [5.74, 6) is 1.29. The first-order chi connectivity index (χ1) is 11.7. The third kappa shape index (κ3) is 2.85. The second-order valence-electron chi connectivity index (χ2n) is 5.60. The molecule has 1 N–H and O–H groups in total. The highest BCUT2D eigenvalue weighted by molar-refractivity contribution is 9.10. The Morgan fingerprint density at radius 1 is 1.25 bits per heavy atom. The second kappa shape index (κ2) is 6.41. The molecule has 0 spiro atoms. The molecule has 0 atom stereocenters. The molecule has 1 aromatic carbocycles. The minimum absolute atomic E-state index is 0.547. The Hall–Kier alpha value is -2.12. The highest BCUT2D eigenvalue weighted by atomic mass is 79.9. The van der Waals surface area contributed by atoms with Gasteiger partial charge in [-0.25, -0.2) is 9.97 Å². The molecule has 24 heavy (non-hydrogen) atoms. The van der Waals surface area contributed by atoms with Gasteiger partial charge in [-0.15, -0.1) is 0 Å². The van der Waals surface area contributed by atoms with Gasteiger partial charge in [-0.2, -0.15) is 0 Å². The van der Waals surface area contributed by atoms with E-state index in [1.54, 1.807) is 13.3 Å². The van der Waals surface area contributed by atoms with Crippen LogP contribution < -0.4 is 9.64 Å². The summed E-state index contributed by atoms with van der Waals surface area (Å²) in [5, 5.41) is 0. The maximum absolute atomic E-state index is 5.42. The van der Waals surface area contributed by atoms with E-state index in [-0.39, 0.29) is 0 Å². The van der Waals surface area contributed by atoms with Gasteiger partial charge in [0.1, 0.15) is 5.82 Å². The Morgan fingerprint density at radius 3 is 2.88 bits per heavy atom. The number of nitrogens with one attached hydrogen (secondary N) is 1. The largest absolute Gasteiger partial charge is 0.480 e. The van der Waals surface area contributed by atoms with Crippen molar-refractivity contribution in [3.8, 4) is 17.3 Å².